The Morgan fingerprint density at radius 1 is 1.26 bits per heavy atom. The van der Waals surface area contributed by atoms with Gasteiger partial charge < -0.3 is 21.3 Å². The lowest BCUT2D eigenvalue weighted by atomic mass is 10.1. The molecule has 2 fully saturated rings. The minimum Gasteiger partial charge on any atom is -0.368 e. The predicted molar refractivity (Wildman–Crippen MR) is 68.0 cm³/mol. The lowest BCUT2D eigenvalue weighted by Crippen LogP contribution is -2.51. The van der Waals surface area contributed by atoms with Crippen molar-refractivity contribution in [2.45, 2.75) is 37.8 Å². The summed E-state index contributed by atoms with van der Waals surface area (Å²) in [5.41, 5.74) is 4.99. The van der Waals surface area contributed by atoms with Gasteiger partial charge in [0.05, 0.1) is 12.6 Å². The van der Waals surface area contributed by atoms with Gasteiger partial charge in [0.15, 0.2) is 0 Å². The van der Waals surface area contributed by atoms with Gasteiger partial charge in [0.2, 0.25) is 17.7 Å². The van der Waals surface area contributed by atoms with Gasteiger partial charge in [-0.05, 0) is 32.2 Å². The molecule has 0 radical (unpaired) electrons. The van der Waals surface area contributed by atoms with E-state index in [0.717, 1.165) is 25.8 Å². The molecule has 106 valence electrons. The molecule has 0 spiro atoms. The van der Waals surface area contributed by atoms with Crippen molar-refractivity contribution in [3.05, 3.63) is 0 Å². The number of hydrogen-bond acceptors (Lipinski definition) is 4. The molecule has 19 heavy (non-hydrogen) atoms. The van der Waals surface area contributed by atoms with Crippen LogP contribution in [0, 0.1) is 0 Å². The van der Waals surface area contributed by atoms with E-state index in [2.05, 4.69) is 10.6 Å². The van der Waals surface area contributed by atoms with E-state index in [1.54, 1.807) is 4.90 Å². The van der Waals surface area contributed by atoms with Gasteiger partial charge in [0, 0.05) is 6.54 Å². The van der Waals surface area contributed by atoms with Crippen LogP contribution in [0.5, 0.6) is 0 Å². The highest BCUT2D eigenvalue weighted by Gasteiger charge is 2.37. The van der Waals surface area contributed by atoms with Crippen LogP contribution in [-0.4, -0.2) is 54.3 Å². The summed E-state index contributed by atoms with van der Waals surface area (Å²) in [6.07, 6.45) is 3.27. The SMILES string of the molecule is NC(=O)CNC(=O)[C@@H]1CCCN1C(=O)[C@@H]1CCCN1. The summed E-state index contributed by atoms with van der Waals surface area (Å²) >= 11 is 0. The number of nitrogens with two attached hydrogens (primary N) is 1. The molecule has 3 amide bonds. The van der Waals surface area contributed by atoms with Crippen molar-refractivity contribution in [1.82, 2.24) is 15.5 Å². The average Bonchev–Trinajstić information content (AvgIpc) is 3.05. The molecule has 0 aromatic rings. The molecule has 0 unspecified atom stereocenters. The van der Waals surface area contributed by atoms with Gasteiger partial charge in [-0.25, -0.2) is 0 Å². The lowest BCUT2D eigenvalue weighted by molar-refractivity contribution is -0.140. The molecule has 0 aromatic heterocycles. The van der Waals surface area contributed by atoms with Gasteiger partial charge >= 0.3 is 0 Å². The Morgan fingerprint density at radius 2 is 2.05 bits per heavy atom. The molecule has 2 aliphatic heterocycles. The summed E-state index contributed by atoms with van der Waals surface area (Å²) in [4.78, 5) is 36.5. The zero-order valence-corrected chi connectivity index (χ0v) is 10.9. The molecule has 2 heterocycles. The Labute approximate surface area is 111 Å². The third-order valence-electron chi connectivity index (χ3n) is 3.63. The second-order valence-corrected chi connectivity index (χ2v) is 5.02. The minimum atomic E-state index is -0.582. The topological polar surface area (TPSA) is 105 Å². The zero-order chi connectivity index (χ0) is 13.8. The van der Waals surface area contributed by atoms with Crippen molar-refractivity contribution in [2.75, 3.05) is 19.6 Å². The standard InChI is InChI=1S/C12H20N4O3/c13-10(17)7-15-11(18)9-4-2-6-16(9)12(19)8-3-1-5-14-8/h8-9,14H,1-7H2,(H2,13,17)(H,15,18)/t8-,9-/m0/s1. The van der Waals surface area contributed by atoms with Crippen molar-refractivity contribution < 1.29 is 14.4 Å². The normalized spacial score (nSPS) is 26.4. The summed E-state index contributed by atoms with van der Waals surface area (Å²) in [7, 11) is 0. The third kappa shape index (κ3) is 3.23. The molecule has 2 rings (SSSR count). The van der Waals surface area contributed by atoms with Crippen molar-refractivity contribution in [3.8, 4) is 0 Å². The Balaban J connectivity index is 1.93. The fourth-order valence-electron chi connectivity index (χ4n) is 2.69. The quantitative estimate of drug-likeness (QED) is 0.567. The van der Waals surface area contributed by atoms with Crippen molar-refractivity contribution in [1.29, 1.82) is 0 Å². The largest absolute Gasteiger partial charge is 0.368 e. The van der Waals surface area contributed by atoms with E-state index >= 15 is 0 Å². The van der Waals surface area contributed by atoms with Gasteiger partial charge in [-0.3, -0.25) is 14.4 Å². The number of likely N-dealkylation sites (tertiary alicyclic amines) is 1. The van der Waals surface area contributed by atoms with Crippen LogP contribution in [0.1, 0.15) is 25.7 Å². The van der Waals surface area contributed by atoms with Gasteiger partial charge in [0.25, 0.3) is 0 Å². The summed E-state index contributed by atoms with van der Waals surface area (Å²) < 4.78 is 0. The van der Waals surface area contributed by atoms with E-state index in [1.165, 1.54) is 0 Å². The second-order valence-electron chi connectivity index (χ2n) is 5.02. The minimum absolute atomic E-state index is 0.00535. The van der Waals surface area contributed by atoms with E-state index in [0.29, 0.717) is 13.0 Å². The number of nitrogens with zero attached hydrogens (tertiary/aromatic N) is 1. The molecule has 0 aliphatic carbocycles. The average molecular weight is 268 g/mol. The number of amides is 3. The van der Waals surface area contributed by atoms with Crippen molar-refractivity contribution in [2.24, 2.45) is 5.73 Å². The molecule has 2 aliphatic rings. The van der Waals surface area contributed by atoms with Crippen LogP contribution in [0.2, 0.25) is 0 Å². The maximum Gasteiger partial charge on any atom is 0.243 e. The smallest absolute Gasteiger partial charge is 0.243 e. The van der Waals surface area contributed by atoms with Crippen LogP contribution in [0.15, 0.2) is 0 Å². The van der Waals surface area contributed by atoms with Gasteiger partial charge in [0.1, 0.15) is 6.04 Å². The first kappa shape index (κ1) is 13.8. The predicted octanol–water partition coefficient (Wildman–Crippen LogP) is -1.67. The monoisotopic (exact) mass is 268 g/mol. The summed E-state index contributed by atoms with van der Waals surface area (Å²) in [6, 6.07) is -0.626. The molecular weight excluding hydrogens is 248 g/mol. The molecule has 2 saturated heterocycles. The Bertz CT molecular complexity index is 379. The van der Waals surface area contributed by atoms with E-state index in [9.17, 15) is 14.4 Å². The molecule has 4 N–H and O–H groups in total. The zero-order valence-electron chi connectivity index (χ0n) is 10.9. The van der Waals surface area contributed by atoms with E-state index < -0.39 is 11.9 Å². The molecule has 0 aromatic carbocycles. The summed E-state index contributed by atoms with van der Waals surface area (Å²) in [5, 5.41) is 5.62. The van der Waals surface area contributed by atoms with Crippen molar-refractivity contribution in [3.63, 3.8) is 0 Å². The molecule has 0 bridgehead atoms. The molecule has 7 heteroatoms. The van der Waals surface area contributed by atoms with Gasteiger partial charge in [-0.15, -0.1) is 0 Å². The maximum absolute atomic E-state index is 12.3. The summed E-state index contributed by atoms with van der Waals surface area (Å²) in [6.45, 7) is 1.27. The Kier molecular flexibility index (Phi) is 4.36. The Hall–Kier alpha value is -1.63. The third-order valence-corrected chi connectivity index (χ3v) is 3.63. The van der Waals surface area contributed by atoms with Crippen LogP contribution < -0.4 is 16.4 Å². The fraction of sp³-hybridized carbons (Fsp3) is 0.750. The van der Waals surface area contributed by atoms with Crippen LogP contribution in [-0.2, 0) is 14.4 Å². The van der Waals surface area contributed by atoms with E-state index in [-0.39, 0.29) is 24.4 Å². The number of carbonyl (C=O) groups is 3. The van der Waals surface area contributed by atoms with Crippen LogP contribution in [0.3, 0.4) is 0 Å². The summed E-state index contributed by atoms with van der Waals surface area (Å²) in [5.74, 6) is -0.876. The Morgan fingerprint density at radius 3 is 2.68 bits per heavy atom. The van der Waals surface area contributed by atoms with Crippen LogP contribution in [0.4, 0.5) is 0 Å². The first-order valence-corrected chi connectivity index (χ1v) is 6.69. The maximum atomic E-state index is 12.3. The highest BCUT2D eigenvalue weighted by atomic mass is 16.2. The van der Waals surface area contributed by atoms with E-state index in [1.807, 2.05) is 0 Å². The van der Waals surface area contributed by atoms with Crippen LogP contribution >= 0.6 is 0 Å². The second kappa shape index (κ2) is 6.01. The number of hydrogen-bond donors (Lipinski definition) is 3. The van der Waals surface area contributed by atoms with Gasteiger partial charge in [-0.1, -0.05) is 0 Å². The highest BCUT2D eigenvalue weighted by Crippen LogP contribution is 2.20. The van der Waals surface area contributed by atoms with Crippen molar-refractivity contribution >= 4 is 17.7 Å². The van der Waals surface area contributed by atoms with Crippen LogP contribution in [0.25, 0.3) is 0 Å². The fourth-order valence-corrected chi connectivity index (χ4v) is 2.69. The molecule has 7 nitrogen and oxygen atoms in total. The highest BCUT2D eigenvalue weighted by molar-refractivity contribution is 5.92. The number of nitrogens with one attached hydrogen (secondary N) is 2. The molecular formula is C12H20N4O3. The molecule has 2 atom stereocenters. The lowest BCUT2D eigenvalue weighted by Gasteiger charge is -2.26. The first-order valence-electron chi connectivity index (χ1n) is 6.69. The number of rotatable bonds is 4. The first-order chi connectivity index (χ1) is 9.09. The number of primary amides is 1. The van der Waals surface area contributed by atoms with E-state index in [4.69, 9.17) is 5.73 Å². The van der Waals surface area contributed by atoms with Gasteiger partial charge in [-0.2, -0.15) is 0 Å². The molecule has 0 saturated carbocycles. The number of carbonyl (C=O) groups excluding carboxylic acids is 3.